The van der Waals surface area contributed by atoms with Crippen LogP contribution in [0.15, 0.2) is 150 Å². The molecule has 0 spiro atoms. The van der Waals surface area contributed by atoms with Crippen molar-refractivity contribution in [3.05, 3.63) is 146 Å². The molecule has 6 aromatic carbocycles. The third-order valence-corrected chi connectivity index (χ3v) is 8.27. The predicted octanol–water partition coefficient (Wildman–Crippen LogP) is 9.87. The second-order valence-corrected chi connectivity index (χ2v) is 10.8. The van der Waals surface area contributed by atoms with Crippen molar-refractivity contribution in [3.63, 3.8) is 0 Å². The van der Waals surface area contributed by atoms with Crippen LogP contribution in [0.5, 0.6) is 0 Å². The Morgan fingerprint density at radius 1 is 0.432 bits per heavy atom. The van der Waals surface area contributed by atoms with Gasteiger partial charge in [-0.3, -0.25) is 0 Å². The van der Waals surface area contributed by atoms with Gasteiger partial charge >= 0.3 is 0 Å². The molecule has 3 heterocycles. The van der Waals surface area contributed by atoms with Crippen LogP contribution in [0.2, 0.25) is 0 Å². The van der Waals surface area contributed by atoms with Crippen LogP contribution in [-0.2, 0) is 0 Å². The van der Waals surface area contributed by atoms with Gasteiger partial charge in [-0.05, 0) is 36.4 Å². The fourth-order valence-electron chi connectivity index (χ4n) is 6.32. The van der Waals surface area contributed by atoms with Gasteiger partial charge in [-0.15, -0.1) is 0 Å². The van der Waals surface area contributed by atoms with E-state index in [9.17, 15) is 0 Å². The number of hydrogen-bond donors (Lipinski definition) is 0. The summed E-state index contributed by atoms with van der Waals surface area (Å²) >= 11 is 0. The molecule has 0 N–H and O–H groups in total. The van der Waals surface area contributed by atoms with Gasteiger partial charge in [0.2, 0.25) is 0 Å². The van der Waals surface area contributed by atoms with E-state index in [1.807, 2.05) is 66.7 Å². The molecule has 0 saturated carbocycles. The van der Waals surface area contributed by atoms with Crippen LogP contribution in [0.4, 0.5) is 0 Å². The van der Waals surface area contributed by atoms with E-state index < -0.39 is 0 Å². The number of hydrogen-bond acceptors (Lipinski definition) is 4. The van der Waals surface area contributed by atoms with Crippen molar-refractivity contribution in [2.24, 2.45) is 0 Å². The molecule has 0 aliphatic rings. The Kier molecular flexibility index (Phi) is 5.43. The molecule has 3 aromatic heterocycles. The van der Waals surface area contributed by atoms with Gasteiger partial charge in [-0.1, -0.05) is 109 Å². The van der Waals surface area contributed by atoms with Gasteiger partial charge in [0.05, 0.1) is 16.6 Å². The average molecular weight is 565 g/mol. The first-order valence-corrected chi connectivity index (χ1v) is 14.6. The quantitative estimate of drug-likeness (QED) is 0.213. The van der Waals surface area contributed by atoms with E-state index >= 15 is 0 Å². The lowest BCUT2D eigenvalue weighted by molar-refractivity contribution is 0.669. The van der Waals surface area contributed by atoms with E-state index in [-0.39, 0.29) is 0 Å². The molecule has 9 rings (SSSR count). The van der Waals surface area contributed by atoms with Gasteiger partial charge in [-0.25, -0.2) is 15.0 Å². The monoisotopic (exact) mass is 564 g/mol. The zero-order valence-electron chi connectivity index (χ0n) is 23.6. The number of rotatable bonds is 4. The highest BCUT2D eigenvalue weighted by Crippen LogP contribution is 2.39. The Bertz CT molecular complexity index is 2490. The summed E-state index contributed by atoms with van der Waals surface area (Å²) in [5.41, 5.74) is 7.64. The fourth-order valence-corrected chi connectivity index (χ4v) is 6.32. The highest BCUT2D eigenvalue weighted by atomic mass is 16.3. The van der Waals surface area contributed by atoms with Crippen LogP contribution >= 0.6 is 0 Å². The van der Waals surface area contributed by atoms with Crippen molar-refractivity contribution in [2.45, 2.75) is 0 Å². The highest BCUT2D eigenvalue weighted by Gasteiger charge is 2.21. The van der Waals surface area contributed by atoms with E-state index in [4.69, 9.17) is 19.4 Å². The molecule has 9 aromatic rings. The molecule has 0 atom stereocenters. The van der Waals surface area contributed by atoms with E-state index in [0.717, 1.165) is 66.1 Å². The summed E-state index contributed by atoms with van der Waals surface area (Å²) < 4.78 is 8.71. The Morgan fingerprint density at radius 3 is 1.86 bits per heavy atom. The van der Waals surface area contributed by atoms with Crippen LogP contribution in [0, 0.1) is 0 Å². The second-order valence-electron chi connectivity index (χ2n) is 10.8. The van der Waals surface area contributed by atoms with E-state index in [1.165, 1.54) is 0 Å². The first kappa shape index (κ1) is 24.5. The summed E-state index contributed by atoms with van der Waals surface area (Å²) in [4.78, 5) is 15.3. The zero-order chi connectivity index (χ0) is 29.0. The summed E-state index contributed by atoms with van der Waals surface area (Å²) in [7, 11) is 0. The number of fused-ring (bicyclic) bond motifs is 6. The summed E-state index contributed by atoms with van der Waals surface area (Å²) in [6.07, 6.45) is 0. The van der Waals surface area contributed by atoms with E-state index in [0.29, 0.717) is 17.5 Å². The third-order valence-electron chi connectivity index (χ3n) is 8.27. The van der Waals surface area contributed by atoms with Crippen LogP contribution in [-0.4, -0.2) is 19.5 Å². The lowest BCUT2D eigenvalue weighted by Gasteiger charge is -2.10. The second kappa shape index (κ2) is 9.75. The minimum Gasteiger partial charge on any atom is -0.455 e. The van der Waals surface area contributed by atoms with Crippen molar-refractivity contribution in [1.82, 2.24) is 19.5 Å². The minimum atomic E-state index is 0.572. The number of nitrogens with zero attached hydrogens (tertiary/aromatic N) is 4. The largest absolute Gasteiger partial charge is 0.455 e. The Morgan fingerprint density at radius 2 is 1.02 bits per heavy atom. The summed E-state index contributed by atoms with van der Waals surface area (Å²) in [5.74, 6) is 1.80. The van der Waals surface area contributed by atoms with Crippen molar-refractivity contribution < 1.29 is 4.42 Å². The number of para-hydroxylation sites is 4. The van der Waals surface area contributed by atoms with Crippen molar-refractivity contribution >= 4 is 43.7 Å². The average Bonchev–Trinajstić information content (AvgIpc) is 3.65. The van der Waals surface area contributed by atoms with Crippen LogP contribution in [0.3, 0.4) is 0 Å². The normalized spacial score (nSPS) is 11.6. The summed E-state index contributed by atoms with van der Waals surface area (Å²) in [6, 6.07) is 49.7. The lowest BCUT2D eigenvalue weighted by Crippen LogP contribution is -2.00. The Balaban J connectivity index is 1.35. The molecule has 5 heteroatoms. The molecule has 0 aliphatic carbocycles. The maximum Gasteiger partial charge on any atom is 0.167 e. The maximum atomic E-state index is 6.41. The summed E-state index contributed by atoms with van der Waals surface area (Å²) in [5, 5.41) is 4.35. The van der Waals surface area contributed by atoms with E-state index in [2.05, 4.69) is 83.4 Å². The molecule has 206 valence electrons. The van der Waals surface area contributed by atoms with E-state index in [1.54, 1.807) is 0 Å². The number of furan rings is 1. The molecular formula is C39H24N4O. The molecule has 44 heavy (non-hydrogen) atoms. The molecule has 0 aliphatic heterocycles. The molecule has 0 fully saturated rings. The SMILES string of the molecule is c1ccc(-c2nc(-c3cccc4c3oc3ccccc34)nc(-c3cccc4c3c3ccccc3n4-c3ccccc3)n2)cc1. The molecule has 5 nitrogen and oxygen atoms in total. The van der Waals surface area contributed by atoms with Gasteiger partial charge in [0.15, 0.2) is 17.5 Å². The van der Waals surface area contributed by atoms with Crippen LogP contribution in [0.1, 0.15) is 0 Å². The topological polar surface area (TPSA) is 56.7 Å². The molecule has 0 radical (unpaired) electrons. The Labute approximate surface area is 252 Å². The van der Waals surface area contributed by atoms with Crippen molar-refractivity contribution in [1.29, 1.82) is 0 Å². The highest BCUT2D eigenvalue weighted by molar-refractivity contribution is 6.15. The summed E-state index contributed by atoms with van der Waals surface area (Å²) in [6.45, 7) is 0. The van der Waals surface area contributed by atoms with Crippen LogP contribution in [0.25, 0.3) is 83.6 Å². The molecule has 0 amide bonds. The Hall–Kier alpha value is -6.07. The molecule has 0 bridgehead atoms. The van der Waals surface area contributed by atoms with Gasteiger partial charge < -0.3 is 8.98 Å². The van der Waals surface area contributed by atoms with Gasteiger partial charge in [-0.2, -0.15) is 0 Å². The number of aromatic nitrogens is 4. The smallest absolute Gasteiger partial charge is 0.167 e. The molecule has 0 saturated heterocycles. The first-order valence-electron chi connectivity index (χ1n) is 14.6. The molecular weight excluding hydrogens is 540 g/mol. The van der Waals surface area contributed by atoms with Crippen LogP contribution < -0.4 is 0 Å². The third kappa shape index (κ3) is 3.76. The predicted molar refractivity (Wildman–Crippen MR) is 178 cm³/mol. The number of benzene rings is 6. The lowest BCUT2D eigenvalue weighted by atomic mass is 10.0. The van der Waals surface area contributed by atoms with Crippen molar-refractivity contribution in [2.75, 3.05) is 0 Å². The maximum absolute atomic E-state index is 6.41. The standard InChI is InChI=1S/C39H24N4O/c1-3-13-25(14-4-1)37-40-38(42-39(41-37)31-21-11-19-28-27-17-8-10-24-34(27)44-36(28)31)30-20-12-23-33-35(30)29-18-7-9-22-32(29)43(33)26-15-5-2-6-16-26/h1-24H. The van der Waals surface area contributed by atoms with Gasteiger partial charge in [0.25, 0.3) is 0 Å². The minimum absolute atomic E-state index is 0.572. The van der Waals surface area contributed by atoms with Gasteiger partial charge in [0, 0.05) is 38.4 Å². The van der Waals surface area contributed by atoms with Crippen molar-refractivity contribution in [3.8, 4) is 39.9 Å². The first-order chi connectivity index (χ1) is 21.8. The fraction of sp³-hybridized carbons (Fsp3) is 0. The van der Waals surface area contributed by atoms with Gasteiger partial charge in [0.1, 0.15) is 11.2 Å². The molecule has 0 unspecified atom stereocenters. The zero-order valence-corrected chi connectivity index (χ0v) is 23.6.